The number of carbonyl (C=O) groups excluding carboxylic acids is 1. The summed E-state index contributed by atoms with van der Waals surface area (Å²) in [5.74, 6) is 0.788. The summed E-state index contributed by atoms with van der Waals surface area (Å²) in [4.78, 5) is 17.7. The van der Waals surface area contributed by atoms with Crippen LogP contribution in [0.5, 0.6) is 5.75 Å². The van der Waals surface area contributed by atoms with Crippen molar-refractivity contribution in [1.29, 1.82) is 0 Å². The van der Waals surface area contributed by atoms with Gasteiger partial charge in [0.2, 0.25) is 0 Å². The first kappa shape index (κ1) is 23.7. The average molecular weight is 475 g/mol. The van der Waals surface area contributed by atoms with E-state index in [0.717, 1.165) is 44.5 Å². The van der Waals surface area contributed by atoms with Crippen LogP contribution in [0.4, 0.5) is 0 Å². The smallest absolute Gasteiger partial charge is 0.253 e. The molecule has 2 aromatic heterocycles. The summed E-state index contributed by atoms with van der Waals surface area (Å²) in [6.45, 7) is 8.25. The SMILES string of the molecule is CCOc1ccc(-c2nc(Cn3c(C)cc(C(=O)NCc4ccc(CN)cc4)c3C)cs2)cc1. The molecule has 0 atom stereocenters. The first-order valence-corrected chi connectivity index (χ1v) is 12.3. The molecule has 2 heterocycles. The van der Waals surface area contributed by atoms with Crippen LogP contribution in [0, 0.1) is 13.8 Å². The topological polar surface area (TPSA) is 82.2 Å². The third-order valence-electron chi connectivity index (χ3n) is 5.81. The third kappa shape index (κ3) is 5.38. The molecule has 1 amide bonds. The predicted octanol–water partition coefficient (Wildman–Crippen LogP) is 5.06. The molecule has 176 valence electrons. The minimum atomic E-state index is -0.0735. The van der Waals surface area contributed by atoms with Gasteiger partial charge < -0.3 is 20.4 Å². The van der Waals surface area contributed by atoms with Crippen molar-refractivity contribution < 1.29 is 9.53 Å². The van der Waals surface area contributed by atoms with Crippen LogP contribution >= 0.6 is 11.3 Å². The molecule has 0 aliphatic heterocycles. The van der Waals surface area contributed by atoms with Crippen LogP contribution < -0.4 is 15.8 Å². The second kappa shape index (κ2) is 10.7. The normalized spacial score (nSPS) is 10.9. The maximum absolute atomic E-state index is 12.9. The third-order valence-corrected chi connectivity index (χ3v) is 6.75. The van der Waals surface area contributed by atoms with Crippen molar-refractivity contribution in [3.8, 4) is 16.3 Å². The largest absolute Gasteiger partial charge is 0.494 e. The van der Waals surface area contributed by atoms with Crippen molar-refractivity contribution in [3.05, 3.63) is 93.7 Å². The number of nitrogens with one attached hydrogen (secondary N) is 1. The van der Waals surface area contributed by atoms with E-state index in [1.807, 2.05) is 75.4 Å². The lowest BCUT2D eigenvalue weighted by atomic mass is 10.1. The fraction of sp³-hybridized carbons (Fsp3) is 0.259. The van der Waals surface area contributed by atoms with E-state index in [1.54, 1.807) is 11.3 Å². The van der Waals surface area contributed by atoms with Gasteiger partial charge in [-0.25, -0.2) is 4.98 Å². The molecule has 3 N–H and O–H groups in total. The minimum absolute atomic E-state index is 0.0735. The Labute approximate surface area is 204 Å². The minimum Gasteiger partial charge on any atom is -0.494 e. The van der Waals surface area contributed by atoms with Crippen LogP contribution in [0.15, 0.2) is 60.0 Å². The van der Waals surface area contributed by atoms with Gasteiger partial charge in [-0.2, -0.15) is 0 Å². The number of aryl methyl sites for hydroxylation is 1. The van der Waals surface area contributed by atoms with Gasteiger partial charge in [-0.05, 0) is 62.2 Å². The molecule has 0 aliphatic rings. The standard InChI is InChI=1S/C27H30N4O2S/c1-4-33-24-11-9-22(10-12-24)27-30-23(17-34-27)16-31-18(2)13-25(19(31)3)26(32)29-15-21-7-5-20(14-28)6-8-21/h5-13,17H,4,14-16,28H2,1-3H3,(H,29,32). The van der Waals surface area contributed by atoms with E-state index in [1.165, 1.54) is 0 Å². The molecule has 2 aromatic carbocycles. The molecule has 0 radical (unpaired) electrons. The molecule has 0 saturated carbocycles. The monoisotopic (exact) mass is 474 g/mol. The van der Waals surface area contributed by atoms with Gasteiger partial charge in [0.1, 0.15) is 10.8 Å². The van der Waals surface area contributed by atoms with Crippen molar-refractivity contribution in [2.75, 3.05) is 6.61 Å². The lowest BCUT2D eigenvalue weighted by Crippen LogP contribution is -2.23. The molecule has 6 nitrogen and oxygen atoms in total. The molecule has 34 heavy (non-hydrogen) atoms. The number of hydrogen-bond donors (Lipinski definition) is 2. The highest BCUT2D eigenvalue weighted by Gasteiger charge is 2.17. The summed E-state index contributed by atoms with van der Waals surface area (Å²) in [7, 11) is 0. The van der Waals surface area contributed by atoms with Crippen LogP contribution in [0.25, 0.3) is 10.6 Å². The lowest BCUT2D eigenvalue weighted by Gasteiger charge is -2.09. The van der Waals surface area contributed by atoms with E-state index in [4.69, 9.17) is 15.5 Å². The molecule has 0 unspecified atom stereocenters. The van der Waals surface area contributed by atoms with E-state index >= 15 is 0 Å². The Morgan fingerprint density at radius 3 is 2.47 bits per heavy atom. The van der Waals surface area contributed by atoms with E-state index in [-0.39, 0.29) is 5.91 Å². The summed E-state index contributed by atoms with van der Waals surface area (Å²) in [5, 5.41) is 6.08. The highest BCUT2D eigenvalue weighted by Crippen LogP contribution is 2.27. The van der Waals surface area contributed by atoms with Crippen LogP contribution in [0.2, 0.25) is 0 Å². The van der Waals surface area contributed by atoms with Crippen molar-refractivity contribution in [2.45, 2.75) is 40.4 Å². The highest BCUT2D eigenvalue weighted by molar-refractivity contribution is 7.13. The number of hydrogen-bond acceptors (Lipinski definition) is 5. The summed E-state index contributed by atoms with van der Waals surface area (Å²) in [6, 6.07) is 17.9. The van der Waals surface area contributed by atoms with Crippen LogP contribution in [0.3, 0.4) is 0 Å². The maximum Gasteiger partial charge on any atom is 0.253 e. The van der Waals surface area contributed by atoms with Crippen LogP contribution in [-0.2, 0) is 19.6 Å². The first-order chi connectivity index (χ1) is 16.5. The molecule has 4 rings (SSSR count). The van der Waals surface area contributed by atoms with Crippen molar-refractivity contribution in [2.24, 2.45) is 5.73 Å². The molecule has 0 saturated heterocycles. The molecule has 0 spiro atoms. The fourth-order valence-electron chi connectivity index (χ4n) is 3.88. The van der Waals surface area contributed by atoms with E-state index in [9.17, 15) is 4.79 Å². The zero-order valence-corrected chi connectivity index (χ0v) is 20.6. The zero-order valence-electron chi connectivity index (χ0n) is 19.8. The van der Waals surface area contributed by atoms with Crippen molar-refractivity contribution >= 4 is 17.2 Å². The molecular formula is C27H30N4O2S. The summed E-state index contributed by atoms with van der Waals surface area (Å²) in [6.07, 6.45) is 0. The number of nitrogens with zero attached hydrogens (tertiary/aromatic N) is 2. The van der Waals surface area contributed by atoms with Crippen molar-refractivity contribution in [1.82, 2.24) is 14.9 Å². The predicted molar refractivity (Wildman–Crippen MR) is 137 cm³/mol. The van der Waals surface area contributed by atoms with Crippen molar-refractivity contribution in [3.63, 3.8) is 0 Å². The van der Waals surface area contributed by atoms with Gasteiger partial charge in [0.15, 0.2) is 0 Å². The Morgan fingerprint density at radius 1 is 1.09 bits per heavy atom. The van der Waals surface area contributed by atoms with Gasteiger partial charge in [0, 0.05) is 35.4 Å². The zero-order chi connectivity index (χ0) is 24.1. The Kier molecular flexibility index (Phi) is 7.45. The first-order valence-electron chi connectivity index (χ1n) is 11.4. The van der Waals surface area contributed by atoms with E-state index < -0.39 is 0 Å². The van der Waals surface area contributed by atoms with Gasteiger partial charge in [-0.15, -0.1) is 11.3 Å². The van der Waals surface area contributed by atoms with Gasteiger partial charge in [-0.3, -0.25) is 4.79 Å². The average Bonchev–Trinajstić information content (AvgIpc) is 3.44. The Hall–Kier alpha value is -3.42. The fourth-order valence-corrected chi connectivity index (χ4v) is 4.70. The number of nitrogens with two attached hydrogens (primary N) is 1. The molecule has 0 bridgehead atoms. The number of rotatable bonds is 9. The van der Waals surface area contributed by atoms with Gasteiger partial charge in [0.25, 0.3) is 5.91 Å². The highest BCUT2D eigenvalue weighted by atomic mass is 32.1. The molecule has 0 fully saturated rings. The van der Waals surface area contributed by atoms with Crippen LogP contribution in [0.1, 0.15) is 45.5 Å². The molecule has 7 heteroatoms. The number of ether oxygens (including phenoxy) is 1. The molecular weight excluding hydrogens is 444 g/mol. The number of thiazole rings is 1. The van der Waals surface area contributed by atoms with Gasteiger partial charge in [0.05, 0.1) is 24.4 Å². The summed E-state index contributed by atoms with van der Waals surface area (Å²) < 4.78 is 7.66. The van der Waals surface area contributed by atoms with E-state index in [2.05, 4.69) is 15.3 Å². The lowest BCUT2D eigenvalue weighted by molar-refractivity contribution is 0.0950. The Balaban J connectivity index is 1.43. The van der Waals surface area contributed by atoms with E-state index in [0.29, 0.717) is 31.8 Å². The second-order valence-corrected chi connectivity index (χ2v) is 9.03. The number of benzene rings is 2. The summed E-state index contributed by atoms with van der Waals surface area (Å²) in [5.41, 5.74) is 12.5. The quantitative estimate of drug-likeness (QED) is 0.355. The Bertz CT molecular complexity index is 1260. The summed E-state index contributed by atoms with van der Waals surface area (Å²) >= 11 is 1.62. The number of carbonyl (C=O) groups is 1. The molecule has 4 aromatic rings. The van der Waals surface area contributed by atoms with Gasteiger partial charge >= 0.3 is 0 Å². The second-order valence-electron chi connectivity index (χ2n) is 8.18. The molecule has 0 aliphatic carbocycles. The number of aromatic nitrogens is 2. The number of amides is 1. The van der Waals surface area contributed by atoms with Gasteiger partial charge in [-0.1, -0.05) is 24.3 Å². The Morgan fingerprint density at radius 2 is 1.79 bits per heavy atom. The van der Waals surface area contributed by atoms with Crippen LogP contribution in [-0.4, -0.2) is 22.1 Å². The maximum atomic E-state index is 12.9.